The summed E-state index contributed by atoms with van der Waals surface area (Å²) in [5, 5.41) is 10.8. The maximum atomic E-state index is 11.8. The molecule has 0 bridgehead atoms. The topological polar surface area (TPSA) is 37.3 Å². The number of carboxylic acids is 1. The van der Waals surface area contributed by atoms with Gasteiger partial charge in [0.05, 0.1) is 4.01 Å². The molecule has 0 saturated heterocycles. The Kier molecular flexibility index (Phi) is 7.69. The maximum Gasteiger partial charge on any atom is 0.346 e. The highest BCUT2D eigenvalue weighted by Crippen LogP contribution is 2.43. The molecular formula is C24H30O2S2. The molecule has 3 rings (SSSR count). The monoisotopic (exact) mass is 414 g/mol. The summed E-state index contributed by atoms with van der Waals surface area (Å²) < 4.78 is 1.14. The summed E-state index contributed by atoms with van der Waals surface area (Å²) in [7, 11) is 0. The smallest absolute Gasteiger partial charge is 0.346 e. The highest BCUT2D eigenvalue weighted by molar-refractivity contribution is 7.39. The molecule has 4 heteroatoms. The van der Waals surface area contributed by atoms with Crippen LogP contribution in [0.15, 0.2) is 30.3 Å². The molecule has 1 N–H and O–H groups in total. The van der Waals surface area contributed by atoms with Crippen molar-refractivity contribution in [2.75, 3.05) is 0 Å². The van der Waals surface area contributed by atoms with Crippen molar-refractivity contribution in [3.05, 3.63) is 45.6 Å². The van der Waals surface area contributed by atoms with Gasteiger partial charge >= 0.3 is 5.97 Å². The molecule has 0 aliphatic rings. The number of hydrogen-bond acceptors (Lipinski definition) is 3. The van der Waals surface area contributed by atoms with Crippen LogP contribution in [0.2, 0.25) is 0 Å². The van der Waals surface area contributed by atoms with Gasteiger partial charge in [0.25, 0.3) is 0 Å². The van der Waals surface area contributed by atoms with E-state index in [2.05, 4.69) is 44.2 Å². The van der Waals surface area contributed by atoms with Crippen molar-refractivity contribution in [3.63, 3.8) is 0 Å². The van der Waals surface area contributed by atoms with Crippen LogP contribution < -0.4 is 0 Å². The first kappa shape index (κ1) is 21.1. The third-order valence-corrected chi connectivity index (χ3v) is 7.70. The Bertz CT molecular complexity index is 903. The normalized spacial score (nSPS) is 11.4. The number of unbranched alkanes of at least 4 members (excludes halogenated alkanes) is 5. The van der Waals surface area contributed by atoms with Crippen LogP contribution in [0.1, 0.15) is 78.9 Å². The zero-order valence-corrected chi connectivity index (χ0v) is 18.6. The number of fused-ring (bicyclic) bond motifs is 1. The van der Waals surface area contributed by atoms with Crippen molar-refractivity contribution in [3.8, 4) is 11.1 Å². The standard InChI is InChI=1S/C24H30O2S2/c1-3-5-7-8-9-10-17-12-14-18(15-13-17)21-20-16-19(11-6-4-2)27-24(20)28-22(21)23(25)26/h12-16H,3-11H2,1-2H3,(H,25,26). The van der Waals surface area contributed by atoms with Gasteiger partial charge in [-0.3, -0.25) is 0 Å². The second kappa shape index (κ2) is 10.2. The number of thiophene rings is 2. The van der Waals surface area contributed by atoms with Gasteiger partial charge in [-0.25, -0.2) is 4.79 Å². The van der Waals surface area contributed by atoms with Crippen molar-refractivity contribution < 1.29 is 9.90 Å². The molecule has 0 unspecified atom stereocenters. The van der Waals surface area contributed by atoms with Crippen LogP contribution in [-0.4, -0.2) is 11.1 Å². The molecule has 0 fully saturated rings. The van der Waals surface area contributed by atoms with Crippen molar-refractivity contribution in [1.29, 1.82) is 0 Å². The maximum absolute atomic E-state index is 11.8. The SMILES string of the molecule is CCCCCCCc1ccc(-c2c(C(=O)O)sc3sc(CCCC)cc23)cc1. The first-order valence-corrected chi connectivity index (χ1v) is 12.1. The van der Waals surface area contributed by atoms with E-state index < -0.39 is 5.97 Å². The zero-order chi connectivity index (χ0) is 19.9. The predicted molar refractivity (Wildman–Crippen MR) is 123 cm³/mol. The van der Waals surface area contributed by atoms with E-state index in [1.165, 1.54) is 66.7 Å². The Morgan fingerprint density at radius 1 is 0.893 bits per heavy atom. The second-order valence-electron chi connectivity index (χ2n) is 7.49. The molecule has 0 saturated carbocycles. The Labute approximate surface area is 176 Å². The van der Waals surface area contributed by atoms with Gasteiger partial charge in [-0.15, -0.1) is 22.7 Å². The molecule has 0 aliphatic carbocycles. The van der Waals surface area contributed by atoms with E-state index in [1.807, 2.05) is 0 Å². The number of carboxylic acid groups (broad SMARTS) is 1. The molecule has 0 amide bonds. The van der Waals surface area contributed by atoms with Crippen LogP contribution in [0.4, 0.5) is 0 Å². The lowest BCUT2D eigenvalue weighted by molar-refractivity contribution is 0.0703. The van der Waals surface area contributed by atoms with E-state index in [1.54, 1.807) is 11.3 Å². The first-order valence-electron chi connectivity index (χ1n) is 10.5. The third-order valence-electron chi connectivity index (χ3n) is 5.22. The van der Waals surface area contributed by atoms with E-state index >= 15 is 0 Å². The van der Waals surface area contributed by atoms with Gasteiger partial charge in [-0.2, -0.15) is 0 Å². The Balaban J connectivity index is 1.81. The van der Waals surface area contributed by atoms with Crippen molar-refractivity contribution in [2.45, 2.75) is 71.6 Å². The molecule has 0 aliphatic heterocycles. The minimum absolute atomic E-state index is 0.468. The number of hydrogen-bond donors (Lipinski definition) is 1. The fourth-order valence-electron chi connectivity index (χ4n) is 3.62. The summed E-state index contributed by atoms with van der Waals surface area (Å²) in [6.07, 6.45) is 11.0. The van der Waals surface area contributed by atoms with Crippen molar-refractivity contribution in [1.82, 2.24) is 0 Å². The number of benzene rings is 1. The lowest BCUT2D eigenvalue weighted by Crippen LogP contribution is -1.95. The highest BCUT2D eigenvalue weighted by atomic mass is 32.2. The van der Waals surface area contributed by atoms with Crippen molar-refractivity contribution >= 4 is 38.0 Å². The molecule has 150 valence electrons. The summed E-state index contributed by atoms with van der Waals surface area (Å²) in [6, 6.07) is 10.8. The van der Waals surface area contributed by atoms with Gasteiger partial charge in [0.1, 0.15) is 4.88 Å². The van der Waals surface area contributed by atoms with Crippen LogP contribution in [0.5, 0.6) is 0 Å². The molecular weight excluding hydrogens is 384 g/mol. The molecule has 3 aromatic rings. The van der Waals surface area contributed by atoms with E-state index in [4.69, 9.17) is 0 Å². The van der Waals surface area contributed by atoms with Crippen LogP contribution in [0.3, 0.4) is 0 Å². The second-order valence-corrected chi connectivity index (χ2v) is 9.91. The average Bonchev–Trinajstić information content (AvgIpc) is 3.24. The van der Waals surface area contributed by atoms with E-state index in [-0.39, 0.29) is 0 Å². The fraction of sp³-hybridized carbons (Fsp3) is 0.458. The van der Waals surface area contributed by atoms with Crippen LogP contribution >= 0.6 is 22.7 Å². The average molecular weight is 415 g/mol. The minimum Gasteiger partial charge on any atom is -0.477 e. The molecule has 28 heavy (non-hydrogen) atoms. The van der Waals surface area contributed by atoms with Crippen LogP contribution in [0.25, 0.3) is 20.5 Å². The highest BCUT2D eigenvalue weighted by Gasteiger charge is 2.21. The summed E-state index contributed by atoms with van der Waals surface area (Å²) in [4.78, 5) is 13.7. The molecule has 2 aromatic heterocycles. The fourth-order valence-corrected chi connectivity index (χ4v) is 6.17. The number of aromatic carboxylic acids is 1. The van der Waals surface area contributed by atoms with Gasteiger partial charge < -0.3 is 5.11 Å². The Morgan fingerprint density at radius 3 is 2.29 bits per heavy atom. The van der Waals surface area contributed by atoms with Crippen molar-refractivity contribution in [2.24, 2.45) is 0 Å². The number of aryl methyl sites for hydroxylation is 2. The molecule has 1 aromatic carbocycles. The van der Waals surface area contributed by atoms with E-state index in [0.717, 1.165) is 33.4 Å². The summed E-state index contributed by atoms with van der Waals surface area (Å²) in [5.41, 5.74) is 3.27. The van der Waals surface area contributed by atoms with E-state index in [0.29, 0.717) is 4.88 Å². The van der Waals surface area contributed by atoms with Crippen LogP contribution in [0, 0.1) is 0 Å². The molecule has 0 radical (unpaired) electrons. The molecule has 0 atom stereocenters. The molecule has 0 spiro atoms. The lowest BCUT2D eigenvalue weighted by atomic mass is 9.99. The van der Waals surface area contributed by atoms with Crippen LogP contribution in [-0.2, 0) is 12.8 Å². The quantitative estimate of drug-likeness (QED) is 0.321. The Hall–Kier alpha value is -1.65. The van der Waals surface area contributed by atoms with E-state index in [9.17, 15) is 9.90 Å². The number of carbonyl (C=O) groups is 1. The Morgan fingerprint density at radius 2 is 1.61 bits per heavy atom. The van der Waals surface area contributed by atoms with Gasteiger partial charge in [0, 0.05) is 15.8 Å². The van der Waals surface area contributed by atoms with Gasteiger partial charge in [-0.1, -0.05) is 70.2 Å². The zero-order valence-electron chi connectivity index (χ0n) is 16.9. The van der Waals surface area contributed by atoms with Gasteiger partial charge in [-0.05, 0) is 42.9 Å². The summed E-state index contributed by atoms with van der Waals surface area (Å²) in [6.45, 7) is 4.45. The summed E-state index contributed by atoms with van der Waals surface area (Å²) >= 11 is 3.19. The first-order chi connectivity index (χ1) is 13.6. The predicted octanol–water partition coefficient (Wildman–Crippen LogP) is 8.18. The molecule has 2 nitrogen and oxygen atoms in total. The molecule has 2 heterocycles. The van der Waals surface area contributed by atoms with Gasteiger partial charge in [0.15, 0.2) is 0 Å². The minimum atomic E-state index is -0.821. The lowest BCUT2D eigenvalue weighted by Gasteiger charge is -2.05. The van der Waals surface area contributed by atoms with Gasteiger partial charge in [0.2, 0.25) is 0 Å². The summed E-state index contributed by atoms with van der Waals surface area (Å²) in [5.74, 6) is -0.821. The number of rotatable bonds is 11. The third kappa shape index (κ3) is 5.03. The largest absolute Gasteiger partial charge is 0.477 e.